The first-order valence-corrected chi connectivity index (χ1v) is 5.24. The molecule has 0 heterocycles. The van der Waals surface area contributed by atoms with Gasteiger partial charge in [0.2, 0.25) is 0 Å². The van der Waals surface area contributed by atoms with E-state index in [1.165, 1.54) is 7.11 Å². The molecule has 0 radical (unpaired) electrons. The zero-order valence-electron chi connectivity index (χ0n) is 8.94. The maximum atomic E-state index is 11.5. The van der Waals surface area contributed by atoms with Crippen LogP contribution in [0.15, 0.2) is 24.3 Å². The van der Waals surface area contributed by atoms with Crippen molar-refractivity contribution < 1.29 is 14.6 Å². The fourth-order valence-corrected chi connectivity index (χ4v) is 1.45. The van der Waals surface area contributed by atoms with Crippen molar-refractivity contribution in [2.45, 2.75) is 6.04 Å². The molecule has 16 heavy (non-hydrogen) atoms. The third-order valence-corrected chi connectivity index (χ3v) is 2.35. The van der Waals surface area contributed by atoms with E-state index in [0.29, 0.717) is 11.6 Å². The minimum absolute atomic E-state index is 0.0406. The van der Waals surface area contributed by atoms with Crippen molar-refractivity contribution in [3.05, 3.63) is 34.9 Å². The third kappa shape index (κ3) is 3.48. The van der Waals surface area contributed by atoms with Crippen LogP contribution in [0, 0.1) is 0 Å². The van der Waals surface area contributed by atoms with Crippen molar-refractivity contribution >= 4 is 17.6 Å². The Labute approximate surface area is 99.2 Å². The number of aliphatic hydroxyl groups excluding tert-OH is 1. The van der Waals surface area contributed by atoms with Gasteiger partial charge < -0.3 is 9.84 Å². The van der Waals surface area contributed by atoms with Crippen LogP contribution in [0.2, 0.25) is 5.02 Å². The van der Waals surface area contributed by atoms with Crippen molar-refractivity contribution in [3.8, 4) is 0 Å². The number of carbonyl (C=O) groups excluding carboxylic acids is 1. The second-order valence-corrected chi connectivity index (χ2v) is 3.62. The van der Waals surface area contributed by atoms with E-state index in [4.69, 9.17) is 16.7 Å². The highest BCUT2D eigenvalue weighted by Crippen LogP contribution is 2.17. The molecule has 1 aromatic rings. The summed E-state index contributed by atoms with van der Waals surface area (Å²) < 4.78 is 4.68. The second-order valence-electron chi connectivity index (χ2n) is 3.19. The van der Waals surface area contributed by atoms with Gasteiger partial charge >= 0.3 is 5.97 Å². The molecule has 0 aliphatic heterocycles. The standard InChI is InChI=1S/C11H14ClNO3/c1-16-11(15)10(13-6-7-14)8-2-4-9(12)5-3-8/h2-5,10,13-14H,6-7H2,1H3. The number of hydrogen-bond donors (Lipinski definition) is 2. The number of halogens is 1. The Morgan fingerprint density at radius 2 is 2.12 bits per heavy atom. The van der Waals surface area contributed by atoms with Crippen LogP contribution < -0.4 is 5.32 Å². The van der Waals surface area contributed by atoms with E-state index in [1.807, 2.05) is 0 Å². The normalized spacial score (nSPS) is 12.2. The first kappa shape index (κ1) is 13.0. The first-order chi connectivity index (χ1) is 7.69. The van der Waals surface area contributed by atoms with E-state index < -0.39 is 12.0 Å². The Balaban J connectivity index is 2.82. The highest BCUT2D eigenvalue weighted by atomic mass is 35.5. The SMILES string of the molecule is COC(=O)C(NCCO)c1ccc(Cl)cc1. The monoisotopic (exact) mass is 243 g/mol. The van der Waals surface area contributed by atoms with Gasteiger partial charge in [0.15, 0.2) is 0 Å². The molecule has 0 aromatic heterocycles. The van der Waals surface area contributed by atoms with Crippen molar-refractivity contribution in [1.29, 1.82) is 0 Å². The van der Waals surface area contributed by atoms with Gasteiger partial charge in [-0.2, -0.15) is 0 Å². The minimum Gasteiger partial charge on any atom is -0.468 e. The Hall–Kier alpha value is -1.10. The van der Waals surface area contributed by atoms with Crippen molar-refractivity contribution in [2.75, 3.05) is 20.3 Å². The van der Waals surface area contributed by atoms with Crippen LogP contribution in [0.5, 0.6) is 0 Å². The summed E-state index contributed by atoms with van der Waals surface area (Å²) in [5, 5.41) is 12.2. The van der Waals surface area contributed by atoms with Crippen LogP contribution in [0.3, 0.4) is 0 Å². The highest BCUT2D eigenvalue weighted by molar-refractivity contribution is 6.30. The summed E-state index contributed by atoms with van der Waals surface area (Å²) in [5.41, 5.74) is 0.754. The van der Waals surface area contributed by atoms with Crippen molar-refractivity contribution in [2.24, 2.45) is 0 Å². The largest absolute Gasteiger partial charge is 0.468 e. The quantitative estimate of drug-likeness (QED) is 0.762. The average molecular weight is 244 g/mol. The summed E-state index contributed by atoms with van der Waals surface area (Å²) >= 11 is 5.76. The molecule has 0 saturated heterocycles. The van der Waals surface area contributed by atoms with Crippen molar-refractivity contribution in [3.63, 3.8) is 0 Å². The van der Waals surface area contributed by atoms with Crippen LogP contribution in [0.25, 0.3) is 0 Å². The topological polar surface area (TPSA) is 58.6 Å². The number of methoxy groups -OCH3 is 1. The van der Waals surface area contributed by atoms with E-state index in [0.717, 1.165) is 5.56 Å². The van der Waals surface area contributed by atoms with Gasteiger partial charge in [0.25, 0.3) is 0 Å². The number of hydrogen-bond acceptors (Lipinski definition) is 4. The molecule has 5 heteroatoms. The van der Waals surface area contributed by atoms with Crippen LogP contribution >= 0.6 is 11.6 Å². The lowest BCUT2D eigenvalue weighted by Gasteiger charge is -2.16. The fraction of sp³-hybridized carbons (Fsp3) is 0.364. The zero-order chi connectivity index (χ0) is 12.0. The van der Waals surface area contributed by atoms with E-state index in [2.05, 4.69) is 10.1 Å². The second kappa shape index (κ2) is 6.48. The Morgan fingerprint density at radius 3 is 2.62 bits per heavy atom. The fourth-order valence-electron chi connectivity index (χ4n) is 1.32. The number of ether oxygens (including phenoxy) is 1. The average Bonchev–Trinajstić information content (AvgIpc) is 2.31. The lowest BCUT2D eigenvalue weighted by atomic mass is 10.1. The lowest BCUT2D eigenvalue weighted by Crippen LogP contribution is -2.31. The molecule has 2 N–H and O–H groups in total. The number of benzene rings is 1. The van der Waals surface area contributed by atoms with Gasteiger partial charge in [-0.25, -0.2) is 4.79 Å². The summed E-state index contributed by atoms with van der Waals surface area (Å²) in [4.78, 5) is 11.5. The smallest absolute Gasteiger partial charge is 0.327 e. The summed E-state index contributed by atoms with van der Waals surface area (Å²) in [7, 11) is 1.33. The van der Waals surface area contributed by atoms with Crippen LogP contribution in [0.1, 0.15) is 11.6 Å². The maximum absolute atomic E-state index is 11.5. The predicted molar refractivity (Wildman–Crippen MR) is 61.3 cm³/mol. The highest BCUT2D eigenvalue weighted by Gasteiger charge is 2.20. The minimum atomic E-state index is -0.575. The molecular weight excluding hydrogens is 230 g/mol. The molecule has 4 nitrogen and oxygen atoms in total. The number of aliphatic hydroxyl groups is 1. The summed E-state index contributed by atoms with van der Waals surface area (Å²) in [6, 6.07) is 6.32. The molecule has 1 unspecified atom stereocenters. The van der Waals surface area contributed by atoms with E-state index in [9.17, 15) is 4.79 Å². The number of carbonyl (C=O) groups is 1. The van der Waals surface area contributed by atoms with Crippen LogP contribution in [-0.4, -0.2) is 31.3 Å². The van der Waals surface area contributed by atoms with Crippen LogP contribution in [0.4, 0.5) is 0 Å². The van der Waals surface area contributed by atoms with Gasteiger partial charge in [-0.3, -0.25) is 5.32 Å². The molecule has 1 rings (SSSR count). The number of esters is 1. The van der Waals surface area contributed by atoms with Gasteiger partial charge in [0, 0.05) is 11.6 Å². The molecule has 1 aromatic carbocycles. The molecule has 0 bridgehead atoms. The molecule has 0 amide bonds. The van der Waals surface area contributed by atoms with Gasteiger partial charge in [-0.1, -0.05) is 23.7 Å². The Kier molecular flexibility index (Phi) is 5.25. The summed E-state index contributed by atoms with van der Waals surface area (Å²) in [5.74, 6) is -0.393. The first-order valence-electron chi connectivity index (χ1n) is 4.86. The van der Waals surface area contributed by atoms with Crippen molar-refractivity contribution in [1.82, 2.24) is 5.32 Å². The molecule has 0 spiro atoms. The van der Waals surface area contributed by atoms with Gasteiger partial charge in [0.1, 0.15) is 6.04 Å². The molecular formula is C11H14ClNO3. The third-order valence-electron chi connectivity index (χ3n) is 2.10. The Bertz CT molecular complexity index is 340. The summed E-state index contributed by atoms with van der Waals surface area (Å²) in [6.45, 7) is 0.281. The molecule has 0 fully saturated rings. The van der Waals surface area contributed by atoms with E-state index in [1.54, 1.807) is 24.3 Å². The Morgan fingerprint density at radius 1 is 1.50 bits per heavy atom. The predicted octanol–water partition coefficient (Wildman–Crippen LogP) is 1.14. The number of rotatable bonds is 5. The molecule has 0 saturated carbocycles. The van der Waals surface area contributed by atoms with E-state index in [-0.39, 0.29) is 6.61 Å². The molecule has 88 valence electrons. The van der Waals surface area contributed by atoms with E-state index >= 15 is 0 Å². The molecule has 0 aliphatic rings. The lowest BCUT2D eigenvalue weighted by molar-refractivity contribution is -0.143. The zero-order valence-corrected chi connectivity index (χ0v) is 9.70. The number of nitrogens with one attached hydrogen (secondary N) is 1. The molecule has 1 atom stereocenters. The molecule has 0 aliphatic carbocycles. The van der Waals surface area contributed by atoms with Crippen LogP contribution in [-0.2, 0) is 9.53 Å². The van der Waals surface area contributed by atoms with Gasteiger partial charge in [-0.05, 0) is 17.7 Å². The maximum Gasteiger partial charge on any atom is 0.327 e. The van der Waals surface area contributed by atoms with Gasteiger partial charge in [0.05, 0.1) is 13.7 Å². The summed E-state index contributed by atoms with van der Waals surface area (Å²) in [6.07, 6.45) is 0. The van der Waals surface area contributed by atoms with Gasteiger partial charge in [-0.15, -0.1) is 0 Å².